The smallest absolute Gasteiger partial charge is 0.406 e. The average molecular weight is 460 g/mol. The first-order valence-corrected chi connectivity index (χ1v) is 10.9. The minimum atomic E-state index is -4.86. The van der Waals surface area contributed by atoms with Crippen molar-refractivity contribution in [3.05, 3.63) is 59.9 Å². The Hall–Kier alpha value is -2.66. The standard InChI is InChI=1S/C20H20F4N2O4S/c21-16-4-1-15(2-5-16)3-10-19(27)25-11-13-26(14-12-25)31(28,29)18-8-6-17(7-9-18)30-20(22,23)24/h1-2,4-9H,3,10-14H2. The zero-order valence-corrected chi connectivity index (χ0v) is 17.1. The Morgan fingerprint density at radius 1 is 0.935 bits per heavy atom. The van der Waals surface area contributed by atoms with Crippen LogP contribution in [0.4, 0.5) is 17.6 Å². The Kier molecular flexibility index (Phi) is 6.85. The van der Waals surface area contributed by atoms with E-state index in [1.165, 1.54) is 16.4 Å². The summed E-state index contributed by atoms with van der Waals surface area (Å²) in [5.74, 6) is -0.993. The Morgan fingerprint density at radius 3 is 2.06 bits per heavy atom. The van der Waals surface area contributed by atoms with Crippen LogP contribution < -0.4 is 4.74 Å². The number of carbonyl (C=O) groups excluding carboxylic acids is 1. The number of alkyl halides is 3. The molecule has 2 aromatic rings. The molecule has 0 atom stereocenters. The van der Waals surface area contributed by atoms with Gasteiger partial charge >= 0.3 is 6.36 Å². The van der Waals surface area contributed by atoms with E-state index in [1.807, 2.05) is 0 Å². The zero-order valence-electron chi connectivity index (χ0n) is 16.3. The molecular weight excluding hydrogens is 440 g/mol. The van der Waals surface area contributed by atoms with Crippen molar-refractivity contribution < 1.29 is 35.5 Å². The Bertz CT molecular complexity index is 1000. The van der Waals surface area contributed by atoms with Crippen molar-refractivity contribution in [2.45, 2.75) is 24.1 Å². The predicted octanol–water partition coefficient (Wildman–Crippen LogP) is 3.19. The van der Waals surface area contributed by atoms with E-state index in [9.17, 15) is 30.8 Å². The molecule has 0 saturated carbocycles. The fourth-order valence-electron chi connectivity index (χ4n) is 3.20. The normalized spacial score (nSPS) is 15.7. The number of aryl methyl sites for hydroxylation is 1. The maximum absolute atomic E-state index is 12.9. The second-order valence-corrected chi connectivity index (χ2v) is 8.87. The summed E-state index contributed by atoms with van der Waals surface area (Å²) in [7, 11) is -3.91. The summed E-state index contributed by atoms with van der Waals surface area (Å²) in [4.78, 5) is 13.8. The van der Waals surface area contributed by atoms with Crippen LogP contribution in [-0.4, -0.2) is 56.1 Å². The number of hydrogen-bond donors (Lipinski definition) is 0. The lowest BCUT2D eigenvalue weighted by molar-refractivity contribution is -0.274. The molecule has 168 valence electrons. The molecule has 2 aromatic carbocycles. The summed E-state index contributed by atoms with van der Waals surface area (Å²) >= 11 is 0. The largest absolute Gasteiger partial charge is 0.573 e. The molecule has 0 spiro atoms. The summed E-state index contributed by atoms with van der Waals surface area (Å²) in [5, 5.41) is 0. The van der Waals surface area contributed by atoms with Crippen molar-refractivity contribution >= 4 is 15.9 Å². The van der Waals surface area contributed by atoms with Gasteiger partial charge in [-0.25, -0.2) is 12.8 Å². The molecule has 1 amide bonds. The Balaban J connectivity index is 1.54. The van der Waals surface area contributed by atoms with Crippen LogP contribution in [-0.2, 0) is 21.2 Å². The van der Waals surface area contributed by atoms with E-state index >= 15 is 0 Å². The second kappa shape index (κ2) is 9.23. The Labute approximate surface area is 177 Å². The SMILES string of the molecule is O=C(CCc1ccc(F)cc1)N1CCN(S(=O)(=O)c2ccc(OC(F)(F)F)cc2)CC1. The number of benzene rings is 2. The van der Waals surface area contributed by atoms with Crippen molar-refractivity contribution in [2.24, 2.45) is 0 Å². The van der Waals surface area contributed by atoms with Crippen LogP contribution in [0.15, 0.2) is 53.4 Å². The third-order valence-corrected chi connectivity index (χ3v) is 6.74. The third-order valence-electron chi connectivity index (χ3n) is 4.83. The lowest BCUT2D eigenvalue weighted by Crippen LogP contribution is -2.50. The van der Waals surface area contributed by atoms with Crippen LogP contribution in [0, 0.1) is 5.82 Å². The van der Waals surface area contributed by atoms with Crippen LogP contribution >= 0.6 is 0 Å². The van der Waals surface area contributed by atoms with Gasteiger partial charge in [0.1, 0.15) is 11.6 Å². The molecular formula is C20H20F4N2O4S. The topological polar surface area (TPSA) is 66.9 Å². The van der Waals surface area contributed by atoms with Gasteiger partial charge in [-0.3, -0.25) is 4.79 Å². The zero-order chi connectivity index (χ0) is 22.6. The quantitative estimate of drug-likeness (QED) is 0.621. The van der Waals surface area contributed by atoms with Crippen molar-refractivity contribution in [3.8, 4) is 5.75 Å². The number of nitrogens with zero attached hydrogens (tertiary/aromatic N) is 2. The molecule has 31 heavy (non-hydrogen) atoms. The molecule has 1 fully saturated rings. The van der Waals surface area contributed by atoms with E-state index in [2.05, 4.69) is 4.74 Å². The highest BCUT2D eigenvalue weighted by Crippen LogP contribution is 2.25. The fraction of sp³-hybridized carbons (Fsp3) is 0.350. The predicted molar refractivity (Wildman–Crippen MR) is 103 cm³/mol. The van der Waals surface area contributed by atoms with Gasteiger partial charge in [0.05, 0.1) is 4.90 Å². The molecule has 6 nitrogen and oxygen atoms in total. The summed E-state index contributed by atoms with van der Waals surface area (Å²) in [6, 6.07) is 9.85. The van der Waals surface area contributed by atoms with Crippen molar-refractivity contribution in [2.75, 3.05) is 26.2 Å². The summed E-state index contributed by atoms with van der Waals surface area (Å²) in [6.45, 7) is 0.560. The summed E-state index contributed by atoms with van der Waals surface area (Å²) in [5.41, 5.74) is 0.828. The first-order valence-electron chi connectivity index (χ1n) is 9.43. The van der Waals surface area contributed by atoms with Crippen LogP contribution in [0.1, 0.15) is 12.0 Å². The molecule has 0 aromatic heterocycles. The van der Waals surface area contributed by atoms with E-state index in [0.717, 1.165) is 29.8 Å². The molecule has 0 radical (unpaired) electrons. The highest BCUT2D eigenvalue weighted by Gasteiger charge is 2.32. The minimum absolute atomic E-state index is 0.0748. The summed E-state index contributed by atoms with van der Waals surface area (Å²) in [6.07, 6.45) is -4.19. The molecule has 11 heteroatoms. The molecule has 3 rings (SSSR count). The molecule has 1 heterocycles. The van der Waals surface area contributed by atoms with E-state index in [-0.39, 0.29) is 49.2 Å². The first kappa shape index (κ1) is 23.0. The second-order valence-electron chi connectivity index (χ2n) is 6.93. The number of hydrogen-bond acceptors (Lipinski definition) is 4. The molecule has 1 aliphatic heterocycles. The summed E-state index contributed by atoms with van der Waals surface area (Å²) < 4.78 is 80.0. The maximum atomic E-state index is 12.9. The average Bonchev–Trinajstić information content (AvgIpc) is 2.72. The number of ether oxygens (including phenoxy) is 1. The van der Waals surface area contributed by atoms with Crippen LogP contribution in [0.25, 0.3) is 0 Å². The minimum Gasteiger partial charge on any atom is -0.406 e. The van der Waals surface area contributed by atoms with Gasteiger partial charge in [-0.1, -0.05) is 12.1 Å². The highest BCUT2D eigenvalue weighted by molar-refractivity contribution is 7.89. The van der Waals surface area contributed by atoms with Gasteiger partial charge < -0.3 is 9.64 Å². The van der Waals surface area contributed by atoms with E-state index in [0.29, 0.717) is 6.42 Å². The van der Waals surface area contributed by atoms with Crippen LogP contribution in [0.5, 0.6) is 5.75 Å². The highest BCUT2D eigenvalue weighted by atomic mass is 32.2. The third kappa shape index (κ3) is 6.17. The number of piperazine rings is 1. The number of amides is 1. The molecule has 1 saturated heterocycles. The monoisotopic (exact) mass is 460 g/mol. The molecule has 1 aliphatic rings. The van der Waals surface area contributed by atoms with E-state index < -0.39 is 22.1 Å². The maximum Gasteiger partial charge on any atom is 0.573 e. The molecule has 0 N–H and O–H groups in total. The van der Waals surface area contributed by atoms with Gasteiger partial charge in [-0.15, -0.1) is 13.2 Å². The van der Waals surface area contributed by atoms with Gasteiger partial charge in [0.2, 0.25) is 15.9 Å². The van der Waals surface area contributed by atoms with Gasteiger partial charge in [-0.2, -0.15) is 4.31 Å². The van der Waals surface area contributed by atoms with Crippen LogP contribution in [0.3, 0.4) is 0 Å². The number of halogens is 4. The van der Waals surface area contributed by atoms with Crippen molar-refractivity contribution in [1.82, 2.24) is 9.21 Å². The Morgan fingerprint density at radius 2 is 1.52 bits per heavy atom. The number of carbonyl (C=O) groups is 1. The van der Waals surface area contributed by atoms with Gasteiger partial charge in [0.15, 0.2) is 0 Å². The number of sulfonamides is 1. The van der Waals surface area contributed by atoms with Crippen molar-refractivity contribution in [3.63, 3.8) is 0 Å². The lowest BCUT2D eigenvalue weighted by atomic mass is 10.1. The van der Waals surface area contributed by atoms with E-state index in [4.69, 9.17) is 0 Å². The van der Waals surface area contributed by atoms with Gasteiger partial charge in [-0.05, 0) is 48.4 Å². The molecule has 0 unspecified atom stereocenters. The van der Waals surface area contributed by atoms with Crippen LogP contribution in [0.2, 0.25) is 0 Å². The first-order chi connectivity index (χ1) is 14.5. The molecule has 0 bridgehead atoms. The number of rotatable bonds is 6. The van der Waals surface area contributed by atoms with Crippen molar-refractivity contribution in [1.29, 1.82) is 0 Å². The molecule has 0 aliphatic carbocycles. The van der Waals surface area contributed by atoms with Gasteiger partial charge in [0.25, 0.3) is 0 Å². The van der Waals surface area contributed by atoms with Gasteiger partial charge in [0, 0.05) is 32.6 Å². The van der Waals surface area contributed by atoms with E-state index in [1.54, 1.807) is 17.0 Å². The lowest BCUT2D eigenvalue weighted by Gasteiger charge is -2.34. The fourth-order valence-corrected chi connectivity index (χ4v) is 4.62.